The highest BCUT2D eigenvalue weighted by atomic mass is 15.4. The van der Waals surface area contributed by atoms with Crippen LogP contribution in [0.25, 0.3) is 38.6 Å². The molecule has 2 aliphatic carbocycles. The molecule has 1 N–H and O–H groups in total. The van der Waals surface area contributed by atoms with Gasteiger partial charge in [-0.15, -0.1) is 0 Å². The molecule has 0 saturated carbocycles. The second kappa shape index (κ2) is 10.3. The molecule has 3 nitrogen and oxygen atoms in total. The van der Waals surface area contributed by atoms with Crippen LogP contribution in [0.2, 0.25) is 0 Å². The topological polar surface area (TPSA) is 20.2 Å². The molecule has 0 radical (unpaired) electrons. The zero-order valence-corrected chi connectivity index (χ0v) is 26.7. The van der Waals surface area contributed by atoms with E-state index < -0.39 is 0 Å². The quantitative estimate of drug-likeness (QED) is 0.218. The number of nitrogens with one attached hydrogen (secondary N) is 1. The summed E-state index contributed by atoms with van der Waals surface area (Å²) in [6.07, 6.45) is 9.14. The summed E-state index contributed by atoms with van der Waals surface area (Å²) in [6.45, 7) is 7.12. The van der Waals surface area contributed by atoms with Crippen LogP contribution in [0.15, 0.2) is 139 Å². The van der Waals surface area contributed by atoms with Gasteiger partial charge in [0, 0.05) is 33.6 Å². The van der Waals surface area contributed by atoms with Crippen molar-refractivity contribution in [1.82, 2.24) is 9.88 Å². The molecule has 3 atom stereocenters. The van der Waals surface area contributed by atoms with E-state index in [4.69, 9.17) is 0 Å². The normalized spacial score (nSPS) is 21.5. The number of allylic oxidation sites excluding steroid dienone is 3. The predicted molar refractivity (Wildman–Crippen MR) is 193 cm³/mol. The first-order valence-corrected chi connectivity index (χ1v) is 16.7. The van der Waals surface area contributed by atoms with Crippen LogP contribution >= 0.6 is 0 Å². The van der Waals surface area contributed by atoms with Gasteiger partial charge in [-0.2, -0.15) is 0 Å². The average molecular weight is 598 g/mol. The van der Waals surface area contributed by atoms with Crippen LogP contribution in [0.1, 0.15) is 56.5 Å². The van der Waals surface area contributed by atoms with E-state index in [0.29, 0.717) is 6.04 Å². The van der Waals surface area contributed by atoms with Crippen molar-refractivity contribution in [1.29, 1.82) is 0 Å². The Morgan fingerprint density at radius 2 is 1.52 bits per heavy atom. The van der Waals surface area contributed by atoms with Crippen molar-refractivity contribution < 1.29 is 0 Å². The van der Waals surface area contributed by atoms with Crippen LogP contribution in [0.3, 0.4) is 0 Å². The van der Waals surface area contributed by atoms with E-state index in [0.717, 1.165) is 12.8 Å². The number of hydrogen-bond donors (Lipinski definition) is 1. The van der Waals surface area contributed by atoms with Gasteiger partial charge in [-0.1, -0.05) is 123 Å². The monoisotopic (exact) mass is 597 g/mol. The summed E-state index contributed by atoms with van der Waals surface area (Å²) in [6, 6.07) is 43.4. The molecule has 5 aromatic carbocycles. The van der Waals surface area contributed by atoms with E-state index in [1.54, 1.807) is 0 Å². The standard InChI is InChI=1S/C43H39N3/c1-28-41(29-15-6-4-7-16-29)44-42(30-17-8-5-9-18-30)45(28)31-19-14-20-32(27-31)46-37-24-13-11-22-34(37)40-38(46)26-25-36-39(40)33-21-10-12-23-35(33)43(36,2)3/h4-6,8-15,17-28,41-42,44H,7,16H2,1-3H3. The molecule has 3 unspecified atom stereocenters. The number of rotatable bonds is 4. The lowest BCUT2D eigenvalue weighted by Crippen LogP contribution is -2.35. The van der Waals surface area contributed by atoms with Crippen LogP contribution in [0.5, 0.6) is 0 Å². The lowest BCUT2D eigenvalue weighted by Gasteiger charge is -2.31. The second-order valence-corrected chi connectivity index (χ2v) is 13.7. The molecule has 226 valence electrons. The Bertz CT molecular complexity index is 2200. The maximum absolute atomic E-state index is 4.05. The molecule has 3 heteroatoms. The lowest BCUT2D eigenvalue weighted by atomic mass is 9.82. The van der Waals surface area contributed by atoms with Gasteiger partial charge in [0.2, 0.25) is 0 Å². The Morgan fingerprint density at radius 3 is 2.37 bits per heavy atom. The van der Waals surface area contributed by atoms with Crippen LogP contribution in [-0.2, 0) is 5.41 Å². The predicted octanol–water partition coefficient (Wildman–Crippen LogP) is 10.2. The molecule has 46 heavy (non-hydrogen) atoms. The summed E-state index contributed by atoms with van der Waals surface area (Å²) >= 11 is 0. The zero-order valence-electron chi connectivity index (χ0n) is 26.7. The van der Waals surface area contributed by atoms with Crippen LogP contribution in [0, 0.1) is 0 Å². The third-order valence-electron chi connectivity index (χ3n) is 10.9. The van der Waals surface area contributed by atoms with Crippen LogP contribution < -0.4 is 10.2 Å². The number of aromatic nitrogens is 1. The van der Waals surface area contributed by atoms with E-state index in [2.05, 4.69) is 169 Å². The minimum Gasteiger partial charge on any atom is -0.347 e. The summed E-state index contributed by atoms with van der Waals surface area (Å²) in [7, 11) is 0. The fourth-order valence-corrected chi connectivity index (χ4v) is 8.68. The fraction of sp³-hybridized carbons (Fsp3) is 0.209. The molecule has 3 aliphatic rings. The molecule has 0 spiro atoms. The first kappa shape index (κ1) is 27.5. The molecule has 0 bridgehead atoms. The average Bonchev–Trinajstić information content (AvgIpc) is 3.71. The lowest BCUT2D eigenvalue weighted by molar-refractivity contribution is 0.574. The van der Waals surface area contributed by atoms with Crippen molar-refractivity contribution in [3.05, 3.63) is 156 Å². The van der Waals surface area contributed by atoms with Gasteiger partial charge in [0.15, 0.2) is 0 Å². The van der Waals surface area contributed by atoms with Crippen molar-refractivity contribution in [2.45, 2.75) is 57.3 Å². The van der Waals surface area contributed by atoms with Crippen molar-refractivity contribution in [3.8, 4) is 16.8 Å². The Kier molecular flexibility index (Phi) is 6.17. The maximum Gasteiger partial charge on any atom is 0.107 e. The number of para-hydroxylation sites is 1. The third-order valence-corrected chi connectivity index (χ3v) is 10.9. The number of fused-ring (bicyclic) bond motifs is 7. The summed E-state index contributed by atoms with van der Waals surface area (Å²) in [5.74, 6) is 0. The highest BCUT2D eigenvalue weighted by molar-refractivity contribution is 6.17. The van der Waals surface area contributed by atoms with Crippen LogP contribution in [-0.4, -0.2) is 16.7 Å². The molecule has 9 rings (SSSR count). The number of anilines is 1. The summed E-state index contributed by atoms with van der Waals surface area (Å²) in [4.78, 5) is 2.60. The summed E-state index contributed by atoms with van der Waals surface area (Å²) in [5, 5.41) is 6.71. The highest BCUT2D eigenvalue weighted by Gasteiger charge is 2.41. The van der Waals surface area contributed by atoms with E-state index >= 15 is 0 Å². The molecule has 1 aromatic heterocycles. The molecule has 2 heterocycles. The van der Waals surface area contributed by atoms with Gasteiger partial charge in [-0.3, -0.25) is 5.32 Å². The summed E-state index contributed by atoms with van der Waals surface area (Å²) in [5.41, 5.74) is 13.3. The molecular formula is C43H39N3. The van der Waals surface area contributed by atoms with Crippen LogP contribution in [0.4, 0.5) is 5.69 Å². The Balaban J connectivity index is 1.23. The molecule has 1 saturated heterocycles. The second-order valence-electron chi connectivity index (χ2n) is 13.7. The highest BCUT2D eigenvalue weighted by Crippen LogP contribution is 2.53. The van der Waals surface area contributed by atoms with E-state index in [1.807, 2.05) is 0 Å². The minimum absolute atomic E-state index is 0.0331. The van der Waals surface area contributed by atoms with Gasteiger partial charge >= 0.3 is 0 Å². The van der Waals surface area contributed by atoms with Gasteiger partial charge < -0.3 is 9.47 Å². The van der Waals surface area contributed by atoms with Crippen molar-refractivity contribution in [2.75, 3.05) is 4.90 Å². The molecule has 6 aromatic rings. The zero-order chi connectivity index (χ0) is 31.0. The van der Waals surface area contributed by atoms with Gasteiger partial charge in [-0.25, -0.2) is 0 Å². The number of benzene rings is 5. The molecular weight excluding hydrogens is 558 g/mol. The minimum atomic E-state index is -0.0331. The van der Waals surface area contributed by atoms with E-state index in [1.165, 1.54) is 66.6 Å². The molecule has 1 aliphatic heterocycles. The smallest absolute Gasteiger partial charge is 0.107 e. The Labute approximate surface area is 271 Å². The largest absolute Gasteiger partial charge is 0.347 e. The van der Waals surface area contributed by atoms with E-state index in [9.17, 15) is 0 Å². The fourth-order valence-electron chi connectivity index (χ4n) is 8.68. The Morgan fingerprint density at radius 1 is 0.739 bits per heavy atom. The molecule has 0 amide bonds. The van der Waals surface area contributed by atoms with Crippen molar-refractivity contribution >= 4 is 27.5 Å². The third kappa shape index (κ3) is 3.94. The SMILES string of the molecule is CC1C(C2=CC=CCC2)NC(c2ccccc2)N1c1cccc(-n2c3ccccc3c3c4c(ccc32)C(C)(C)c2ccccc2-4)c1. The van der Waals surface area contributed by atoms with Crippen molar-refractivity contribution in [2.24, 2.45) is 0 Å². The Hall–Kier alpha value is -4.86. The van der Waals surface area contributed by atoms with Gasteiger partial charge in [0.1, 0.15) is 6.17 Å². The van der Waals surface area contributed by atoms with Crippen molar-refractivity contribution in [3.63, 3.8) is 0 Å². The van der Waals surface area contributed by atoms with Gasteiger partial charge in [0.05, 0.1) is 17.1 Å². The first-order chi connectivity index (χ1) is 22.5. The van der Waals surface area contributed by atoms with Gasteiger partial charge in [-0.05, 0) is 77.9 Å². The number of nitrogens with zero attached hydrogens (tertiary/aromatic N) is 2. The first-order valence-electron chi connectivity index (χ1n) is 16.7. The maximum atomic E-state index is 4.05. The van der Waals surface area contributed by atoms with Gasteiger partial charge in [0.25, 0.3) is 0 Å². The number of hydrogen-bond acceptors (Lipinski definition) is 2. The van der Waals surface area contributed by atoms with E-state index in [-0.39, 0.29) is 17.6 Å². The molecule has 1 fully saturated rings. The summed E-state index contributed by atoms with van der Waals surface area (Å²) < 4.78 is 2.49.